The summed E-state index contributed by atoms with van der Waals surface area (Å²) < 4.78 is 0. The number of nitrogens with two attached hydrogens (primary N) is 1. The molecule has 0 radical (unpaired) electrons. The molecular weight excluding hydrogens is 272 g/mol. The number of aliphatic hydroxyl groups is 1. The van der Waals surface area contributed by atoms with Gasteiger partial charge in [0, 0.05) is 12.4 Å². The standard InChI is InChI=1S/C15H24N2O2S/c1-3-17-15(14(16)19,11-20-10-12(2)9-18)13-7-5-4-6-8-13/h4-8,12,17-18H,3,9-11H2,1-2H3,(H2,16,19). The number of amides is 1. The number of carbonyl (C=O) groups is 1. The SMILES string of the molecule is CCNC(CSCC(C)CO)(C(N)=O)c1ccccc1. The maximum absolute atomic E-state index is 12.1. The Balaban J connectivity index is 2.92. The van der Waals surface area contributed by atoms with Crippen LogP contribution in [0.25, 0.3) is 0 Å². The average Bonchev–Trinajstić information content (AvgIpc) is 2.46. The predicted octanol–water partition coefficient (Wildman–Crippen LogP) is 1.34. The first-order chi connectivity index (χ1) is 9.56. The minimum absolute atomic E-state index is 0.156. The van der Waals surface area contributed by atoms with E-state index in [1.807, 2.05) is 44.2 Å². The van der Waals surface area contributed by atoms with Gasteiger partial charge in [-0.2, -0.15) is 11.8 Å². The number of rotatable bonds is 9. The van der Waals surface area contributed by atoms with Crippen molar-refractivity contribution in [1.82, 2.24) is 5.32 Å². The van der Waals surface area contributed by atoms with Gasteiger partial charge in [0.2, 0.25) is 5.91 Å². The van der Waals surface area contributed by atoms with Gasteiger partial charge in [-0.3, -0.25) is 10.1 Å². The minimum Gasteiger partial charge on any atom is -0.396 e. The predicted molar refractivity (Wildman–Crippen MR) is 84.6 cm³/mol. The summed E-state index contributed by atoms with van der Waals surface area (Å²) in [7, 11) is 0. The van der Waals surface area contributed by atoms with Gasteiger partial charge in [-0.05, 0) is 23.8 Å². The highest BCUT2D eigenvalue weighted by Gasteiger charge is 2.37. The van der Waals surface area contributed by atoms with Crippen LogP contribution in [0.15, 0.2) is 30.3 Å². The topological polar surface area (TPSA) is 75.3 Å². The molecule has 0 saturated heterocycles. The summed E-state index contributed by atoms with van der Waals surface area (Å²) in [6.45, 7) is 4.76. The Kier molecular flexibility index (Phi) is 7.05. The molecule has 4 N–H and O–H groups in total. The van der Waals surface area contributed by atoms with Crippen LogP contribution in [0.4, 0.5) is 0 Å². The van der Waals surface area contributed by atoms with Gasteiger partial charge in [-0.1, -0.05) is 44.2 Å². The zero-order valence-electron chi connectivity index (χ0n) is 12.1. The molecule has 1 aromatic carbocycles. The summed E-state index contributed by atoms with van der Waals surface area (Å²) >= 11 is 1.63. The van der Waals surface area contributed by atoms with Crippen molar-refractivity contribution >= 4 is 17.7 Å². The zero-order chi connectivity index (χ0) is 15.0. The van der Waals surface area contributed by atoms with Gasteiger partial charge in [-0.15, -0.1) is 0 Å². The molecular formula is C15H24N2O2S. The van der Waals surface area contributed by atoms with E-state index in [1.165, 1.54) is 0 Å². The molecule has 0 heterocycles. The molecule has 1 rings (SSSR count). The highest BCUT2D eigenvalue weighted by Crippen LogP contribution is 2.26. The van der Waals surface area contributed by atoms with Crippen molar-refractivity contribution in [2.45, 2.75) is 19.4 Å². The van der Waals surface area contributed by atoms with Crippen molar-refractivity contribution in [2.75, 3.05) is 24.7 Å². The van der Waals surface area contributed by atoms with Gasteiger partial charge in [0.1, 0.15) is 5.54 Å². The smallest absolute Gasteiger partial charge is 0.243 e. The van der Waals surface area contributed by atoms with Crippen LogP contribution in [0.3, 0.4) is 0 Å². The number of carbonyl (C=O) groups excluding carboxylic acids is 1. The second-order valence-electron chi connectivity index (χ2n) is 4.97. The zero-order valence-corrected chi connectivity index (χ0v) is 13.0. The van der Waals surface area contributed by atoms with Crippen LogP contribution >= 0.6 is 11.8 Å². The van der Waals surface area contributed by atoms with Crippen LogP contribution in [0.2, 0.25) is 0 Å². The van der Waals surface area contributed by atoms with Crippen molar-refractivity contribution in [3.05, 3.63) is 35.9 Å². The Morgan fingerprint density at radius 3 is 2.60 bits per heavy atom. The van der Waals surface area contributed by atoms with E-state index in [9.17, 15) is 4.79 Å². The van der Waals surface area contributed by atoms with Crippen LogP contribution in [0.5, 0.6) is 0 Å². The largest absolute Gasteiger partial charge is 0.396 e. The minimum atomic E-state index is -0.851. The van der Waals surface area contributed by atoms with Crippen LogP contribution in [-0.2, 0) is 10.3 Å². The summed E-state index contributed by atoms with van der Waals surface area (Å²) in [5.74, 6) is 1.20. The second-order valence-corrected chi connectivity index (χ2v) is 6.00. The maximum Gasteiger partial charge on any atom is 0.243 e. The summed E-state index contributed by atoms with van der Waals surface area (Å²) in [6, 6.07) is 9.58. The third-order valence-corrected chi connectivity index (χ3v) is 4.64. The molecule has 0 aromatic heterocycles. The third kappa shape index (κ3) is 4.23. The molecule has 112 valence electrons. The summed E-state index contributed by atoms with van der Waals surface area (Å²) in [6.07, 6.45) is 0. The molecule has 5 heteroatoms. The molecule has 4 nitrogen and oxygen atoms in total. The molecule has 1 aromatic rings. The van der Waals surface area contributed by atoms with Crippen LogP contribution in [-0.4, -0.2) is 35.7 Å². The van der Waals surface area contributed by atoms with Gasteiger partial charge >= 0.3 is 0 Å². The Bertz CT molecular complexity index is 414. The number of benzene rings is 1. The van der Waals surface area contributed by atoms with Crippen LogP contribution < -0.4 is 11.1 Å². The van der Waals surface area contributed by atoms with Gasteiger partial charge in [-0.25, -0.2) is 0 Å². The first-order valence-corrected chi connectivity index (χ1v) is 8.01. The number of likely N-dealkylation sites (N-methyl/N-ethyl adjacent to an activating group) is 1. The monoisotopic (exact) mass is 296 g/mol. The van der Waals surface area contributed by atoms with E-state index in [0.717, 1.165) is 11.3 Å². The molecule has 0 aliphatic heterocycles. The second kappa shape index (κ2) is 8.29. The van der Waals surface area contributed by atoms with E-state index in [4.69, 9.17) is 10.8 Å². The summed E-state index contributed by atoms with van der Waals surface area (Å²) in [5.41, 5.74) is 5.71. The van der Waals surface area contributed by atoms with Gasteiger partial charge in [0.15, 0.2) is 0 Å². The van der Waals surface area contributed by atoms with Gasteiger partial charge < -0.3 is 10.8 Å². The third-order valence-electron chi connectivity index (χ3n) is 3.20. The Morgan fingerprint density at radius 2 is 2.10 bits per heavy atom. The molecule has 0 fully saturated rings. The highest BCUT2D eigenvalue weighted by molar-refractivity contribution is 7.99. The average molecular weight is 296 g/mol. The lowest BCUT2D eigenvalue weighted by Crippen LogP contribution is -2.54. The summed E-state index contributed by atoms with van der Waals surface area (Å²) in [4.78, 5) is 12.1. The fraction of sp³-hybridized carbons (Fsp3) is 0.533. The number of hydrogen-bond donors (Lipinski definition) is 3. The van der Waals surface area contributed by atoms with Crippen LogP contribution in [0, 0.1) is 5.92 Å². The molecule has 0 saturated carbocycles. The lowest BCUT2D eigenvalue weighted by atomic mass is 9.91. The number of primary amides is 1. The Labute approximate surface area is 125 Å². The highest BCUT2D eigenvalue weighted by atomic mass is 32.2. The fourth-order valence-electron chi connectivity index (χ4n) is 2.03. The van der Waals surface area contributed by atoms with E-state index >= 15 is 0 Å². The lowest BCUT2D eigenvalue weighted by molar-refractivity contribution is -0.123. The number of aliphatic hydroxyl groups excluding tert-OH is 1. The van der Waals surface area contributed by atoms with Gasteiger partial charge in [0.25, 0.3) is 0 Å². The molecule has 0 aliphatic carbocycles. The lowest BCUT2D eigenvalue weighted by Gasteiger charge is -2.32. The molecule has 0 bridgehead atoms. The molecule has 1 amide bonds. The van der Waals surface area contributed by atoms with E-state index in [2.05, 4.69) is 5.32 Å². The van der Waals surface area contributed by atoms with Gasteiger partial charge in [0.05, 0.1) is 0 Å². The van der Waals surface area contributed by atoms with Crippen molar-refractivity contribution in [2.24, 2.45) is 11.7 Å². The number of hydrogen-bond acceptors (Lipinski definition) is 4. The van der Waals surface area contributed by atoms with E-state index < -0.39 is 5.54 Å². The molecule has 20 heavy (non-hydrogen) atoms. The van der Waals surface area contributed by atoms with E-state index in [1.54, 1.807) is 11.8 Å². The van der Waals surface area contributed by atoms with Crippen LogP contribution in [0.1, 0.15) is 19.4 Å². The first kappa shape index (κ1) is 17.0. The van der Waals surface area contributed by atoms with Crippen molar-refractivity contribution < 1.29 is 9.90 Å². The Morgan fingerprint density at radius 1 is 1.45 bits per heavy atom. The molecule has 0 aliphatic rings. The fourth-order valence-corrected chi connectivity index (χ4v) is 3.37. The van der Waals surface area contributed by atoms with Crippen molar-refractivity contribution in [3.8, 4) is 0 Å². The molecule has 2 atom stereocenters. The Hall–Kier alpha value is -1.04. The van der Waals surface area contributed by atoms with Crippen molar-refractivity contribution in [1.29, 1.82) is 0 Å². The summed E-state index contributed by atoms with van der Waals surface area (Å²) in [5, 5.41) is 12.3. The first-order valence-electron chi connectivity index (χ1n) is 6.86. The number of thioether (sulfide) groups is 1. The molecule has 2 unspecified atom stereocenters. The quantitative estimate of drug-likeness (QED) is 0.643. The van der Waals surface area contributed by atoms with E-state index in [-0.39, 0.29) is 18.4 Å². The molecule has 0 spiro atoms. The van der Waals surface area contributed by atoms with E-state index in [0.29, 0.717) is 12.3 Å². The number of nitrogens with one attached hydrogen (secondary N) is 1. The normalized spacial score (nSPS) is 15.6. The maximum atomic E-state index is 12.1. The van der Waals surface area contributed by atoms with Crippen molar-refractivity contribution in [3.63, 3.8) is 0 Å².